The maximum atomic E-state index is 12.2. The van der Waals surface area contributed by atoms with Crippen molar-refractivity contribution in [2.75, 3.05) is 0 Å². The number of carboxylic acids is 1. The lowest BCUT2D eigenvalue weighted by Crippen LogP contribution is -2.38. The topological polar surface area (TPSA) is 75.6 Å². The number of halogens is 3. The maximum absolute atomic E-state index is 12.2. The van der Waals surface area contributed by atoms with Gasteiger partial charge in [-0.15, -0.1) is 13.2 Å². The molecule has 116 valence electrons. The second kappa shape index (κ2) is 6.96. The van der Waals surface area contributed by atoms with Gasteiger partial charge in [-0.05, 0) is 25.0 Å². The number of para-hydroxylation sites is 1. The zero-order valence-electron chi connectivity index (χ0n) is 11.1. The lowest BCUT2D eigenvalue weighted by molar-refractivity contribution is -0.274. The standard InChI is InChI=1S/C13H14F3NO4/c1-8(12(19)20)17-11(18)7-6-9-4-2-3-5-10(9)21-13(14,15)16/h2-5,8H,6-7H2,1H3,(H,17,18)(H,19,20)/t8-/m0/s1. The Morgan fingerprint density at radius 2 is 1.95 bits per heavy atom. The number of rotatable bonds is 6. The van der Waals surface area contributed by atoms with Crippen LogP contribution >= 0.6 is 0 Å². The van der Waals surface area contributed by atoms with Gasteiger partial charge in [0.25, 0.3) is 0 Å². The molecule has 0 radical (unpaired) electrons. The van der Waals surface area contributed by atoms with Gasteiger partial charge >= 0.3 is 12.3 Å². The summed E-state index contributed by atoms with van der Waals surface area (Å²) >= 11 is 0. The second-order valence-corrected chi connectivity index (χ2v) is 4.28. The van der Waals surface area contributed by atoms with Gasteiger partial charge in [0.15, 0.2) is 0 Å². The predicted molar refractivity (Wildman–Crippen MR) is 66.7 cm³/mol. The summed E-state index contributed by atoms with van der Waals surface area (Å²) in [4.78, 5) is 22.1. The summed E-state index contributed by atoms with van der Waals surface area (Å²) in [6.07, 6.45) is -4.95. The molecule has 1 atom stereocenters. The van der Waals surface area contributed by atoms with E-state index in [0.717, 1.165) is 6.07 Å². The summed E-state index contributed by atoms with van der Waals surface area (Å²) in [5.41, 5.74) is 0.216. The summed E-state index contributed by atoms with van der Waals surface area (Å²) in [6, 6.07) is 4.42. The molecule has 0 spiro atoms. The minimum atomic E-state index is -4.81. The van der Waals surface area contributed by atoms with E-state index in [9.17, 15) is 22.8 Å². The molecule has 0 aromatic heterocycles. The maximum Gasteiger partial charge on any atom is 0.573 e. The first-order valence-corrected chi connectivity index (χ1v) is 6.05. The van der Waals surface area contributed by atoms with E-state index in [-0.39, 0.29) is 24.2 Å². The number of benzene rings is 1. The Bertz CT molecular complexity index is 516. The van der Waals surface area contributed by atoms with E-state index in [4.69, 9.17) is 5.11 Å². The number of carboxylic acid groups (broad SMARTS) is 1. The van der Waals surface area contributed by atoms with Crippen LogP contribution in [0.15, 0.2) is 24.3 Å². The Balaban J connectivity index is 2.63. The van der Waals surface area contributed by atoms with Crippen molar-refractivity contribution in [1.29, 1.82) is 0 Å². The van der Waals surface area contributed by atoms with E-state index in [1.54, 1.807) is 0 Å². The fourth-order valence-corrected chi connectivity index (χ4v) is 1.56. The number of aliphatic carboxylic acids is 1. The van der Waals surface area contributed by atoms with Crippen molar-refractivity contribution in [3.63, 3.8) is 0 Å². The number of ether oxygens (including phenoxy) is 1. The van der Waals surface area contributed by atoms with Crippen molar-refractivity contribution >= 4 is 11.9 Å². The van der Waals surface area contributed by atoms with E-state index in [1.807, 2.05) is 0 Å². The molecular weight excluding hydrogens is 291 g/mol. The summed E-state index contributed by atoms with van der Waals surface area (Å²) in [5, 5.41) is 10.8. The van der Waals surface area contributed by atoms with Crippen molar-refractivity contribution in [3.8, 4) is 5.75 Å². The summed E-state index contributed by atoms with van der Waals surface area (Å²) < 4.78 is 40.5. The van der Waals surface area contributed by atoms with Gasteiger partial charge < -0.3 is 15.2 Å². The van der Waals surface area contributed by atoms with Gasteiger partial charge in [-0.2, -0.15) is 0 Å². The number of carbonyl (C=O) groups is 2. The molecule has 0 saturated carbocycles. The fourth-order valence-electron chi connectivity index (χ4n) is 1.56. The van der Waals surface area contributed by atoms with Gasteiger partial charge in [0.1, 0.15) is 11.8 Å². The Morgan fingerprint density at radius 1 is 1.33 bits per heavy atom. The number of alkyl halides is 3. The lowest BCUT2D eigenvalue weighted by atomic mass is 10.1. The van der Waals surface area contributed by atoms with Crippen LogP contribution in [-0.4, -0.2) is 29.4 Å². The smallest absolute Gasteiger partial charge is 0.480 e. The first-order valence-electron chi connectivity index (χ1n) is 6.05. The number of nitrogens with one attached hydrogen (secondary N) is 1. The van der Waals surface area contributed by atoms with Gasteiger partial charge in [0.2, 0.25) is 5.91 Å². The number of carbonyl (C=O) groups excluding carboxylic acids is 1. The Morgan fingerprint density at radius 3 is 2.52 bits per heavy atom. The molecule has 5 nitrogen and oxygen atoms in total. The Labute approximate surface area is 118 Å². The van der Waals surface area contributed by atoms with E-state index in [1.165, 1.54) is 25.1 Å². The third kappa shape index (κ3) is 6.15. The van der Waals surface area contributed by atoms with E-state index in [2.05, 4.69) is 10.1 Å². The molecule has 1 rings (SSSR count). The highest BCUT2D eigenvalue weighted by atomic mass is 19.4. The molecule has 0 aliphatic rings. The highest BCUT2D eigenvalue weighted by Gasteiger charge is 2.32. The number of hydrogen-bond acceptors (Lipinski definition) is 3. The molecule has 1 aromatic rings. The first kappa shape index (κ1) is 16.8. The molecule has 8 heteroatoms. The molecule has 0 aliphatic heterocycles. The summed E-state index contributed by atoms with van der Waals surface area (Å²) in [5.74, 6) is -2.13. The normalized spacial score (nSPS) is 12.6. The monoisotopic (exact) mass is 305 g/mol. The molecule has 0 heterocycles. The van der Waals surface area contributed by atoms with Crippen LogP contribution in [0, 0.1) is 0 Å². The number of hydrogen-bond donors (Lipinski definition) is 2. The molecule has 2 N–H and O–H groups in total. The zero-order valence-corrected chi connectivity index (χ0v) is 11.1. The van der Waals surface area contributed by atoms with Gasteiger partial charge in [0, 0.05) is 6.42 Å². The molecule has 0 bridgehead atoms. The second-order valence-electron chi connectivity index (χ2n) is 4.28. The molecule has 1 aromatic carbocycles. The van der Waals surface area contributed by atoms with Crippen molar-refractivity contribution in [3.05, 3.63) is 29.8 Å². The zero-order chi connectivity index (χ0) is 16.0. The third-order valence-electron chi connectivity index (χ3n) is 2.57. The Kier molecular flexibility index (Phi) is 5.57. The highest BCUT2D eigenvalue weighted by molar-refractivity contribution is 5.83. The van der Waals surface area contributed by atoms with Crippen LogP contribution in [0.3, 0.4) is 0 Å². The molecular formula is C13H14F3NO4. The third-order valence-corrected chi connectivity index (χ3v) is 2.57. The largest absolute Gasteiger partial charge is 0.573 e. The average Bonchev–Trinajstić information content (AvgIpc) is 2.35. The highest BCUT2D eigenvalue weighted by Crippen LogP contribution is 2.26. The van der Waals surface area contributed by atoms with Gasteiger partial charge in [-0.1, -0.05) is 18.2 Å². The van der Waals surface area contributed by atoms with Crippen LogP contribution in [-0.2, 0) is 16.0 Å². The van der Waals surface area contributed by atoms with Crippen molar-refractivity contribution in [1.82, 2.24) is 5.32 Å². The van der Waals surface area contributed by atoms with Gasteiger partial charge in [0.05, 0.1) is 0 Å². The van der Waals surface area contributed by atoms with Crippen molar-refractivity contribution in [2.45, 2.75) is 32.2 Å². The minimum Gasteiger partial charge on any atom is -0.480 e. The van der Waals surface area contributed by atoms with Crippen LogP contribution in [0.5, 0.6) is 5.75 Å². The van der Waals surface area contributed by atoms with Crippen LogP contribution in [0.25, 0.3) is 0 Å². The summed E-state index contributed by atoms with van der Waals surface area (Å²) in [7, 11) is 0. The van der Waals surface area contributed by atoms with Gasteiger partial charge in [-0.3, -0.25) is 9.59 Å². The Hall–Kier alpha value is -2.25. The quantitative estimate of drug-likeness (QED) is 0.844. The number of amides is 1. The van der Waals surface area contributed by atoms with Crippen LogP contribution in [0.2, 0.25) is 0 Å². The van der Waals surface area contributed by atoms with E-state index >= 15 is 0 Å². The van der Waals surface area contributed by atoms with Crippen LogP contribution in [0.1, 0.15) is 18.9 Å². The lowest BCUT2D eigenvalue weighted by Gasteiger charge is -2.13. The SMILES string of the molecule is C[C@H](NC(=O)CCc1ccccc1OC(F)(F)F)C(=O)O. The predicted octanol–water partition coefficient (Wildman–Crippen LogP) is 2.11. The minimum absolute atomic E-state index is 0.00439. The molecule has 1 amide bonds. The van der Waals surface area contributed by atoms with Crippen LogP contribution < -0.4 is 10.1 Å². The molecule has 21 heavy (non-hydrogen) atoms. The molecule has 0 unspecified atom stereocenters. The summed E-state index contributed by atoms with van der Waals surface area (Å²) in [6.45, 7) is 1.29. The molecule has 0 fully saturated rings. The van der Waals surface area contributed by atoms with Crippen molar-refractivity contribution in [2.24, 2.45) is 0 Å². The van der Waals surface area contributed by atoms with Crippen LogP contribution in [0.4, 0.5) is 13.2 Å². The molecule has 0 saturated heterocycles. The van der Waals surface area contributed by atoms with Crippen molar-refractivity contribution < 1.29 is 32.6 Å². The number of aryl methyl sites for hydroxylation is 1. The van der Waals surface area contributed by atoms with E-state index in [0.29, 0.717) is 0 Å². The fraction of sp³-hybridized carbons (Fsp3) is 0.385. The van der Waals surface area contributed by atoms with E-state index < -0.39 is 24.3 Å². The molecule has 0 aliphatic carbocycles. The first-order chi connectivity index (χ1) is 9.69. The van der Waals surface area contributed by atoms with Gasteiger partial charge in [-0.25, -0.2) is 0 Å². The average molecular weight is 305 g/mol.